The average Bonchev–Trinajstić information content (AvgIpc) is 2.95. The molecule has 108 valence electrons. The van der Waals surface area contributed by atoms with Crippen LogP contribution in [0.25, 0.3) is 0 Å². The van der Waals surface area contributed by atoms with Crippen molar-refractivity contribution in [2.75, 3.05) is 6.79 Å². The predicted molar refractivity (Wildman–Crippen MR) is 81.6 cm³/mol. The lowest BCUT2D eigenvalue weighted by atomic mass is 9.93. The van der Waals surface area contributed by atoms with E-state index in [-0.39, 0.29) is 18.9 Å². The van der Waals surface area contributed by atoms with E-state index in [2.05, 4.69) is 15.9 Å². The Morgan fingerprint density at radius 2 is 1.81 bits per heavy atom. The minimum atomic E-state index is -0.0665. The Hall–Kier alpha value is -1.72. The van der Waals surface area contributed by atoms with Crippen LogP contribution < -0.4 is 19.9 Å². The molecule has 0 bridgehead atoms. The van der Waals surface area contributed by atoms with Crippen LogP contribution >= 0.6 is 15.9 Å². The van der Waals surface area contributed by atoms with E-state index in [0.29, 0.717) is 0 Å². The van der Waals surface area contributed by atoms with Crippen LogP contribution in [0.2, 0.25) is 0 Å². The SMILES string of the molecule is NC1CC(c2ccc3c(c2)OCO3)Oc2ccc(Br)cc21. The van der Waals surface area contributed by atoms with Crippen LogP contribution in [0.5, 0.6) is 17.2 Å². The summed E-state index contributed by atoms with van der Waals surface area (Å²) in [6.07, 6.45) is 0.673. The second kappa shape index (κ2) is 4.93. The zero-order chi connectivity index (χ0) is 14.4. The molecule has 0 spiro atoms. The molecule has 2 N–H and O–H groups in total. The van der Waals surface area contributed by atoms with Gasteiger partial charge in [0, 0.05) is 22.5 Å². The number of hydrogen-bond donors (Lipinski definition) is 1. The van der Waals surface area contributed by atoms with Crippen LogP contribution in [0.3, 0.4) is 0 Å². The third-order valence-electron chi connectivity index (χ3n) is 3.88. The highest BCUT2D eigenvalue weighted by molar-refractivity contribution is 9.10. The Balaban J connectivity index is 1.67. The number of nitrogens with two attached hydrogens (primary N) is 1. The first kappa shape index (κ1) is 13.0. The molecule has 5 heteroatoms. The lowest BCUT2D eigenvalue weighted by Crippen LogP contribution is -2.24. The summed E-state index contributed by atoms with van der Waals surface area (Å²) in [4.78, 5) is 0. The van der Waals surface area contributed by atoms with E-state index in [1.807, 2.05) is 36.4 Å². The first-order chi connectivity index (χ1) is 10.2. The summed E-state index contributed by atoms with van der Waals surface area (Å²) in [6.45, 7) is 0.278. The molecule has 2 aliphatic rings. The van der Waals surface area contributed by atoms with Gasteiger partial charge in [-0.3, -0.25) is 0 Å². The van der Waals surface area contributed by atoms with Gasteiger partial charge in [0.1, 0.15) is 11.9 Å². The molecule has 0 radical (unpaired) electrons. The van der Waals surface area contributed by atoms with Crippen LogP contribution in [0.1, 0.15) is 29.7 Å². The molecule has 2 atom stereocenters. The minimum Gasteiger partial charge on any atom is -0.485 e. The highest BCUT2D eigenvalue weighted by atomic mass is 79.9. The number of halogens is 1. The topological polar surface area (TPSA) is 53.7 Å². The Kier molecular flexibility index (Phi) is 3.05. The third kappa shape index (κ3) is 2.26. The van der Waals surface area contributed by atoms with Crippen molar-refractivity contribution in [3.05, 3.63) is 52.0 Å². The monoisotopic (exact) mass is 347 g/mol. The number of ether oxygens (including phenoxy) is 3. The molecule has 2 aromatic rings. The van der Waals surface area contributed by atoms with Crippen molar-refractivity contribution in [1.29, 1.82) is 0 Å². The fourth-order valence-corrected chi connectivity index (χ4v) is 3.17. The predicted octanol–water partition coefficient (Wildman–Crippen LogP) is 3.70. The fraction of sp³-hybridized carbons (Fsp3) is 0.250. The van der Waals surface area contributed by atoms with Gasteiger partial charge in [-0.1, -0.05) is 22.0 Å². The van der Waals surface area contributed by atoms with E-state index >= 15 is 0 Å². The summed E-state index contributed by atoms with van der Waals surface area (Å²) >= 11 is 3.47. The summed E-state index contributed by atoms with van der Waals surface area (Å²) in [5, 5.41) is 0. The molecule has 0 saturated carbocycles. The zero-order valence-corrected chi connectivity index (χ0v) is 12.8. The van der Waals surface area contributed by atoms with Crippen LogP contribution in [0, 0.1) is 0 Å². The number of benzene rings is 2. The normalized spacial score (nSPS) is 22.6. The standard InChI is InChI=1S/C16H14BrNO3/c17-10-2-4-13-11(6-10)12(18)7-15(21-13)9-1-3-14-16(5-9)20-8-19-14/h1-6,12,15H,7-8,18H2. The van der Waals surface area contributed by atoms with Crippen molar-refractivity contribution in [2.24, 2.45) is 5.73 Å². The van der Waals surface area contributed by atoms with Gasteiger partial charge in [0.05, 0.1) is 0 Å². The van der Waals surface area contributed by atoms with Gasteiger partial charge in [-0.25, -0.2) is 0 Å². The summed E-state index contributed by atoms with van der Waals surface area (Å²) in [7, 11) is 0. The highest BCUT2D eigenvalue weighted by Gasteiger charge is 2.28. The van der Waals surface area contributed by atoms with Gasteiger partial charge in [-0.2, -0.15) is 0 Å². The van der Waals surface area contributed by atoms with E-state index in [1.54, 1.807) is 0 Å². The van der Waals surface area contributed by atoms with Crippen molar-refractivity contribution in [1.82, 2.24) is 0 Å². The molecule has 4 rings (SSSR count). The smallest absolute Gasteiger partial charge is 0.231 e. The summed E-state index contributed by atoms with van der Waals surface area (Å²) in [5.41, 5.74) is 8.40. The van der Waals surface area contributed by atoms with E-state index in [1.165, 1.54) is 0 Å². The molecule has 0 fully saturated rings. The molecular weight excluding hydrogens is 334 g/mol. The summed E-state index contributed by atoms with van der Waals surface area (Å²) in [5.74, 6) is 2.40. The third-order valence-corrected chi connectivity index (χ3v) is 4.37. The molecule has 2 aromatic carbocycles. The largest absolute Gasteiger partial charge is 0.485 e. The maximum atomic E-state index is 6.30. The van der Waals surface area contributed by atoms with Crippen LogP contribution in [-0.4, -0.2) is 6.79 Å². The van der Waals surface area contributed by atoms with Crippen molar-refractivity contribution >= 4 is 15.9 Å². The molecule has 2 aliphatic heterocycles. The second-order valence-electron chi connectivity index (χ2n) is 5.24. The van der Waals surface area contributed by atoms with Gasteiger partial charge in [0.25, 0.3) is 0 Å². The van der Waals surface area contributed by atoms with E-state index in [0.717, 1.165) is 39.3 Å². The molecular formula is C16H14BrNO3. The molecule has 0 saturated heterocycles. The van der Waals surface area contributed by atoms with Gasteiger partial charge in [0.15, 0.2) is 11.5 Å². The summed E-state index contributed by atoms with van der Waals surface area (Å²) in [6, 6.07) is 11.8. The lowest BCUT2D eigenvalue weighted by molar-refractivity contribution is 0.160. The average molecular weight is 348 g/mol. The zero-order valence-electron chi connectivity index (χ0n) is 11.2. The molecule has 2 unspecified atom stereocenters. The lowest BCUT2D eigenvalue weighted by Gasteiger charge is -2.30. The van der Waals surface area contributed by atoms with Crippen LogP contribution in [0.4, 0.5) is 0 Å². The second-order valence-corrected chi connectivity index (χ2v) is 6.16. The van der Waals surface area contributed by atoms with Crippen molar-refractivity contribution in [3.8, 4) is 17.2 Å². The fourth-order valence-electron chi connectivity index (χ4n) is 2.79. The first-order valence-corrected chi connectivity index (χ1v) is 7.61. The van der Waals surface area contributed by atoms with Crippen LogP contribution in [-0.2, 0) is 0 Å². The Labute approximate surface area is 130 Å². The van der Waals surface area contributed by atoms with Crippen molar-refractivity contribution in [2.45, 2.75) is 18.6 Å². The van der Waals surface area contributed by atoms with E-state index in [9.17, 15) is 0 Å². The first-order valence-electron chi connectivity index (χ1n) is 6.82. The molecule has 2 heterocycles. The maximum Gasteiger partial charge on any atom is 0.231 e. The van der Waals surface area contributed by atoms with Gasteiger partial charge in [0.2, 0.25) is 6.79 Å². The summed E-state index contributed by atoms with van der Waals surface area (Å²) < 4.78 is 17.9. The quantitative estimate of drug-likeness (QED) is 0.854. The minimum absolute atomic E-state index is 0.0401. The number of fused-ring (bicyclic) bond motifs is 2. The molecule has 0 amide bonds. The van der Waals surface area contributed by atoms with Crippen molar-refractivity contribution < 1.29 is 14.2 Å². The molecule has 4 nitrogen and oxygen atoms in total. The van der Waals surface area contributed by atoms with Gasteiger partial charge in [-0.05, 0) is 35.9 Å². The highest BCUT2D eigenvalue weighted by Crippen LogP contribution is 2.43. The number of hydrogen-bond acceptors (Lipinski definition) is 4. The molecule has 0 aromatic heterocycles. The van der Waals surface area contributed by atoms with Gasteiger partial charge in [-0.15, -0.1) is 0 Å². The maximum absolute atomic E-state index is 6.30. The molecule has 0 aliphatic carbocycles. The van der Waals surface area contributed by atoms with Crippen LogP contribution in [0.15, 0.2) is 40.9 Å². The number of rotatable bonds is 1. The van der Waals surface area contributed by atoms with Gasteiger partial charge < -0.3 is 19.9 Å². The Bertz CT molecular complexity index is 704. The van der Waals surface area contributed by atoms with E-state index in [4.69, 9.17) is 19.9 Å². The molecule has 21 heavy (non-hydrogen) atoms. The Morgan fingerprint density at radius 3 is 2.71 bits per heavy atom. The van der Waals surface area contributed by atoms with Gasteiger partial charge >= 0.3 is 0 Å². The van der Waals surface area contributed by atoms with E-state index < -0.39 is 0 Å². The Morgan fingerprint density at radius 1 is 1.00 bits per heavy atom. The van der Waals surface area contributed by atoms with Crippen molar-refractivity contribution in [3.63, 3.8) is 0 Å².